The van der Waals surface area contributed by atoms with Crippen molar-refractivity contribution in [2.75, 3.05) is 5.75 Å². The average molecular weight is 202 g/mol. The molecule has 0 radical (unpaired) electrons. The zero-order valence-corrected chi connectivity index (χ0v) is 8.63. The quantitative estimate of drug-likeness (QED) is 0.669. The molecule has 2 atom stereocenters. The van der Waals surface area contributed by atoms with Crippen molar-refractivity contribution in [3.05, 3.63) is 24.3 Å². The lowest BCUT2D eigenvalue weighted by atomic mass is 9.97. The van der Waals surface area contributed by atoms with E-state index in [1.165, 1.54) is 13.0 Å². The monoisotopic (exact) mass is 202 g/mol. The van der Waals surface area contributed by atoms with E-state index < -0.39 is 20.7 Å². The Hall–Kier alpha value is -0.610. The minimum atomic E-state index is -3.22. The van der Waals surface area contributed by atoms with Crippen molar-refractivity contribution in [3.63, 3.8) is 0 Å². The fraction of sp³-hybridized carbons (Fsp3) is 0.556. The minimum absolute atomic E-state index is 0.0213. The highest BCUT2D eigenvalue weighted by atomic mass is 32.2. The van der Waals surface area contributed by atoms with Crippen LogP contribution in [0.2, 0.25) is 0 Å². The van der Waals surface area contributed by atoms with Crippen molar-refractivity contribution >= 4 is 9.84 Å². The first-order chi connectivity index (χ1) is 5.81. The molecule has 0 bridgehead atoms. The maximum Gasteiger partial charge on any atom is 0.163 e. The van der Waals surface area contributed by atoms with Crippen molar-refractivity contribution in [2.45, 2.75) is 24.7 Å². The molecule has 0 fully saturated rings. The Kier molecular flexibility index (Phi) is 2.38. The van der Waals surface area contributed by atoms with Crippen LogP contribution >= 0.6 is 0 Å². The van der Waals surface area contributed by atoms with E-state index in [9.17, 15) is 13.5 Å². The molecule has 0 saturated carbocycles. The van der Waals surface area contributed by atoms with Crippen LogP contribution < -0.4 is 0 Å². The Morgan fingerprint density at radius 1 is 1.77 bits per heavy atom. The Morgan fingerprint density at radius 3 is 2.62 bits per heavy atom. The third kappa shape index (κ3) is 1.69. The summed E-state index contributed by atoms with van der Waals surface area (Å²) in [5.41, 5.74) is -0.666. The maximum atomic E-state index is 11.5. The number of sulfone groups is 1. The molecule has 3 nitrogen and oxygen atoms in total. The molecule has 0 aromatic carbocycles. The van der Waals surface area contributed by atoms with Gasteiger partial charge in [-0.3, -0.25) is 0 Å². The molecule has 0 aromatic rings. The molecular weight excluding hydrogens is 188 g/mol. The summed E-state index contributed by atoms with van der Waals surface area (Å²) in [5.74, 6) is 0.0213. The van der Waals surface area contributed by atoms with Gasteiger partial charge >= 0.3 is 0 Å². The molecule has 0 aromatic heterocycles. The molecule has 1 aliphatic rings. The van der Waals surface area contributed by atoms with Gasteiger partial charge in [-0.15, -0.1) is 6.58 Å². The van der Waals surface area contributed by atoms with Crippen molar-refractivity contribution < 1.29 is 13.5 Å². The second kappa shape index (κ2) is 2.96. The Labute approximate surface area is 78.7 Å². The molecule has 4 heteroatoms. The van der Waals surface area contributed by atoms with E-state index in [1.807, 2.05) is 0 Å². The summed E-state index contributed by atoms with van der Waals surface area (Å²) in [6, 6.07) is 0. The predicted octanol–water partition coefficient (Wildman–Crippen LogP) is 0.667. The largest absolute Gasteiger partial charge is 0.384 e. The highest BCUT2D eigenvalue weighted by Crippen LogP contribution is 2.30. The van der Waals surface area contributed by atoms with E-state index in [1.54, 1.807) is 13.0 Å². The third-order valence-corrected chi connectivity index (χ3v) is 4.55. The predicted molar refractivity (Wildman–Crippen MR) is 52.2 cm³/mol. The van der Waals surface area contributed by atoms with Gasteiger partial charge in [0.15, 0.2) is 9.84 Å². The van der Waals surface area contributed by atoms with Crippen molar-refractivity contribution in [3.8, 4) is 0 Å². The van der Waals surface area contributed by atoms with E-state index >= 15 is 0 Å². The molecule has 13 heavy (non-hydrogen) atoms. The first-order valence-electron chi connectivity index (χ1n) is 4.05. The Balaban J connectivity index is 3.17. The lowest BCUT2D eigenvalue weighted by molar-refractivity contribution is 0.116. The van der Waals surface area contributed by atoms with Crippen LogP contribution in [0.15, 0.2) is 24.3 Å². The summed E-state index contributed by atoms with van der Waals surface area (Å²) in [6.45, 7) is 6.61. The van der Waals surface area contributed by atoms with Gasteiger partial charge in [0, 0.05) is 0 Å². The highest BCUT2D eigenvalue weighted by molar-refractivity contribution is 7.92. The molecule has 1 rings (SSSR count). The number of aliphatic hydroxyl groups is 1. The van der Waals surface area contributed by atoms with E-state index in [0.29, 0.717) is 5.57 Å². The van der Waals surface area contributed by atoms with Crippen LogP contribution in [-0.4, -0.2) is 30.1 Å². The van der Waals surface area contributed by atoms with E-state index in [4.69, 9.17) is 0 Å². The molecule has 0 amide bonds. The molecular formula is C9H14O3S. The van der Waals surface area contributed by atoms with Gasteiger partial charge in [-0.25, -0.2) is 8.42 Å². The van der Waals surface area contributed by atoms with Gasteiger partial charge in [-0.2, -0.15) is 0 Å². The molecule has 0 saturated heterocycles. The summed E-state index contributed by atoms with van der Waals surface area (Å²) in [6.07, 6.45) is 2.91. The van der Waals surface area contributed by atoms with Gasteiger partial charge in [0.2, 0.25) is 0 Å². The van der Waals surface area contributed by atoms with Crippen LogP contribution in [0.3, 0.4) is 0 Å². The summed E-state index contributed by atoms with van der Waals surface area (Å²) in [5, 5.41) is 8.97. The molecule has 0 aliphatic carbocycles. The van der Waals surface area contributed by atoms with Crippen molar-refractivity contribution in [1.29, 1.82) is 0 Å². The van der Waals surface area contributed by atoms with Crippen LogP contribution in [0, 0.1) is 0 Å². The first kappa shape index (κ1) is 10.5. The van der Waals surface area contributed by atoms with Crippen LogP contribution in [0.5, 0.6) is 0 Å². The second-order valence-corrected chi connectivity index (χ2v) is 5.72. The molecule has 0 spiro atoms. The van der Waals surface area contributed by atoms with Crippen LogP contribution in [-0.2, 0) is 9.84 Å². The molecule has 1 heterocycles. The number of hydrogen-bond acceptors (Lipinski definition) is 3. The zero-order chi connectivity index (χ0) is 10.3. The highest BCUT2D eigenvalue weighted by Gasteiger charge is 2.43. The van der Waals surface area contributed by atoms with Crippen LogP contribution in [0.4, 0.5) is 0 Å². The summed E-state index contributed by atoms with van der Waals surface area (Å²) >= 11 is 0. The van der Waals surface area contributed by atoms with Crippen molar-refractivity contribution in [2.24, 2.45) is 0 Å². The SMILES string of the molecule is C=CC(C)(O)C1C(C)=CCS1(=O)=O. The fourth-order valence-corrected chi connectivity index (χ4v) is 3.84. The van der Waals surface area contributed by atoms with Gasteiger partial charge in [0.25, 0.3) is 0 Å². The van der Waals surface area contributed by atoms with Crippen LogP contribution in [0.25, 0.3) is 0 Å². The molecule has 1 N–H and O–H groups in total. The van der Waals surface area contributed by atoms with Crippen LogP contribution in [0.1, 0.15) is 13.8 Å². The van der Waals surface area contributed by atoms with E-state index in [0.717, 1.165) is 0 Å². The van der Waals surface area contributed by atoms with Gasteiger partial charge in [-0.1, -0.05) is 17.7 Å². The van der Waals surface area contributed by atoms with Gasteiger partial charge < -0.3 is 5.11 Å². The number of hydrogen-bond donors (Lipinski definition) is 1. The maximum absolute atomic E-state index is 11.5. The normalized spacial score (nSPS) is 30.7. The fourth-order valence-electron chi connectivity index (χ4n) is 1.67. The summed E-state index contributed by atoms with van der Waals surface area (Å²) in [7, 11) is -3.22. The molecule has 74 valence electrons. The van der Waals surface area contributed by atoms with Gasteiger partial charge in [0.1, 0.15) is 10.9 Å². The first-order valence-corrected chi connectivity index (χ1v) is 5.77. The van der Waals surface area contributed by atoms with E-state index in [2.05, 4.69) is 6.58 Å². The van der Waals surface area contributed by atoms with E-state index in [-0.39, 0.29) is 5.75 Å². The van der Waals surface area contributed by atoms with Crippen molar-refractivity contribution in [1.82, 2.24) is 0 Å². The Morgan fingerprint density at radius 2 is 2.31 bits per heavy atom. The minimum Gasteiger partial charge on any atom is -0.384 e. The van der Waals surface area contributed by atoms with Gasteiger partial charge in [0.05, 0.1) is 5.75 Å². The Bertz CT molecular complexity index is 349. The standard InChI is InChI=1S/C9H14O3S/c1-4-9(3,10)8-7(2)5-6-13(8,11)12/h4-5,8,10H,1,6H2,2-3H3. The topological polar surface area (TPSA) is 54.4 Å². The lowest BCUT2D eigenvalue weighted by Gasteiger charge is -2.26. The average Bonchev–Trinajstić information content (AvgIpc) is 2.26. The number of rotatable bonds is 2. The lowest BCUT2D eigenvalue weighted by Crippen LogP contribution is -2.41. The molecule has 1 aliphatic heterocycles. The third-order valence-electron chi connectivity index (χ3n) is 2.35. The second-order valence-electron chi connectivity index (χ2n) is 3.59. The summed E-state index contributed by atoms with van der Waals surface area (Å²) in [4.78, 5) is 0. The molecule has 2 unspecified atom stereocenters. The summed E-state index contributed by atoms with van der Waals surface area (Å²) < 4.78 is 23.0. The smallest absolute Gasteiger partial charge is 0.163 e. The van der Waals surface area contributed by atoms with Gasteiger partial charge in [-0.05, 0) is 13.8 Å². The zero-order valence-electron chi connectivity index (χ0n) is 7.82.